The maximum atomic E-state index is 11.3. The van der Waals surface area contributed by atoms with Crippen molar-refractivity contribution in [2.45, 2.75) is 63.6 Å². The van der Waals surface area contributed by atoms with Gasteiger partial charge in [-0.3, -0.25) is 0 Å². The fraction of sp³-hybridized carbons (Fsp3) is 0.588. The second-order valence-corrected chi connectivity index (χ2v) is 6.51. The molecule has 0 radical (unpaired) electrons. The summed E-state index contributed by atoms with van der Waals surface area (Å²) in [7, 11) is 0. The van der Waals surface area contributed by atoms with Crippen LogP contribution in [0.1, 0.15) is 51.0 Å². The number of rotatable bonds is 3. The number of ether oxygens (including phenoxy) is 1. The largest absolute Gasteiger partial charge is 0.490 e. The molecule has 3 atom stereocenters. The van der Waals surface area contributed by atoms with Gasteiger partial charge in [0.25, 0.3) is 0 Å². The van der Waals surface area contributed by atoms with E-state index in [4.69, 9.17) is 4.74 Å². The van der Waals surface area contributed by atoms with Crippen LogP contribution in [0.25, 0.3) is 0 Å². The zero-order valence-corrected chi connectivity index (χ0v) is 12.7. The minimum Gasteiger partial charge on any atom is -0.490 e. The predicted molar refractivity (Wildman–Crippen MR) is 80.9 cm³/mol. The van der Waals surface area contributed by atoms with E-state index in [9.17, 15) is 9.90 Å². The molecule has 4 nitrogen and oxygen atoms in total. The van der Waals surface area contributed by atoms with Crippen LogP contribution >= 0.6 is 0 Å². The van der Waals surface area contributed by atoms with Gasteiger partial charge >= 0.3 is 6.09 Å². The molecule has 1 amide bonds. The molecule has 0 aliphatic carbocycles. The number of hydrogen-bond acceptors (Lipinski definition) is 2. The van der Waals surface area contributed by atoms with Gasteiger partial charge < -0.3 is 14.7 Å². The summed E-state index contributed by atoms with van der Waals surface area (Å²) >= 11 is 0. The molecule has 21 heavy (non-hydrogen) atoms. The minimum absolute atomic E-state index is 0.140. The summed E-state index contributed by atoms with van der Waals surface area (Å²) in [6.45, 7) is 4.35. The van der Waals surface area contributed by atoms with E-state index in [1.807, 2.05) is 12.1 Å². The summed E-state index contributed by atoms with van der Waals surface area (Å²) in [4.78, 5) is 12.9. The van der Waals surface area contributed by atoms with E-state index in [1.54, 1.807) is 4.90 Å². The van der Waals surface area contributed by atoms with Crippen molar-refractivity contribution in [2.24, 2.45) is 0 Å². The molecule has 2 heterocycles. The molecule has 2 aliphatic heterocycles. The van der Waals surface area contributed by atoms with Crippen LogP contribution in [-0.2, 0) is 0 Å². The summed E-state index contributed by atoms with van der Waals surface area (Å²) in [5.41, 5.74) is 1.31. The molecular weight excluding hydrogens is 266 g/mol. The third-order valence-corrected chi connectivity index (χ3v) is 4.76. The maximum Gasteiger partial charge on any atom is 0.407 e. The Morgan fingerprint density at radius 3 is 2.24 bits per heavy atom. The number of piperidine rings is 1. The molecule has 1 aromatic carbocycles. The molecule has 2 bridgehead atoms. The van der Waals surface area contributed by atoms with Crippen LogP contribution in [-0.4, -0.2) is 34.3 Å². The smallest absolute Gasteiger partial charge is 0.407 e. The van der Waals surface area contributed by atoms with Crippen LogP contribution in [0, 0.1) is 0 Å². The first-order valence-corrected chi connectivity index (χ1v) is 7.82. The summed E-state index contributed by atoms with van der Waals surface area (Å²) in [5, 5.41) is 9.26. The highest BCUT2D eigenvalue weighted by Crippen LogP contribution is 2.37. The zero-order chi connectivity index (χ0) is 15.0. The highest BCUT2D eigenvalue weighted by molar-refractivity contribution is 5.66. The third-order valence-electron chi connectivity index (χ3n) is 4.76. The van der Waals surface area contributed by atoms with Crippen molar-refractivity contribution in [1.29, 1.82) is 0 Å². The van der Waals surface area contributed by atoms with Gasteiger partial charge in [0, 0.05) is 24.9 Å². The van der Waals surface area contributed by atoms with Gasteiger partial charge in [0.1, 0.15) is 11.9 Å². The summed E-state index contributed by atoms with van der Waals surface area (Å²) < 4.78 is 6.08. The Bertz CT molecular complexity index is 497. The normalized spacial score (nSPS) is 28.0. The molecule has 1 N–H and O–H groups in total. The Morgan fingerprint density at radius 2 is 1.76 bits per heavy atom. The Kier molecular flexibility index (Phi) is 3.79. The number of carboxylic acid groups (broad SMARTS) is 1. The summed E-state index contributed by atoms with van der Waals surface area (Å²) in [6, 6.07) is 8.56. The fourth-order valence-corrected chi connectivity index (χ4v) is 3.66. The molecule has 2 aliphatic rings. The average Bonchev–Trinajstić information content (AvgIpc) is 2.72. The van der Waals surface area contributed by atoms with Gasteiger partial charge in [-0.15, -0.1) is 0 Å². The van der Waals surface area contributed by atoms with Crippen molar-refractivity contribution in [3.8, 4) is 5.75 Å². The zero-order valence-electron chi connectivity index (χ0n) is 12.7. The van der Waals surface area contributed by atoms with Crippen LogP contribution in [0.4, 0.5) is 4.79 Å². The van der Waals surface area contributed by atoms with E-state index >= 15 is 0 Å². The Morgan fingerprint density at radius 1 is 1.19 bits per heavy atom. The van der Waals surface area contributed by atoms with Gasteiger partial charge in [-0.1, -0.05) is 26.0 Å². The second kappa shape index (κ2) is 5.58. The monoisotopic (exact) mass is 289 g/mol. The number of amides is 1. The number of hydrogen-bond donors (Lipinski definition) is 1. The maximum absolute atomic E-state index is 11.3. The van der Waals surface area contributed by atoms with Gasteiger partial charge in [-0.05, 0) is 36.5 Å². The first-order valence-electron chi connectivity index (χ1n) is 7.82. The SMILES string of the molecule is CC(C)c1ccc(O[C@@H]2C[C@H]3CC[C@@H](C2)N3C(=O)O)cc1. The van der Waals surface area contributed by atoms with Crippen LogP contribution in [0.2, 0.25) is 0 Å². The van der Waals surface area contributed by atoms with Crippen molar-refractivity contribution in [3.63, 3.8) is 0 Å². The lowest BCUT2D eigenvalue weighted by molar-refractivity contribution is 0.0496. The molecule has 1 aromatic rings. The second-order valence-electron chi connectivity index (χ2n) is 6.51. The number of benzene rings is 1. The first-order chi connectivity index (χ1) is 10.0. The average molecular weight is 289 g/mol. The van der Waals surface area contributed by atoms with Crippen molar-refractivity contribution in [2.75, 3.05) is 0 Å². The molecule has 3 rings (SSSR count). The number of nitrogens with zero attached hydrogens (tertiary/aromatic N) is 1. The lowest BCUT2D eigenvalue weighted by Crippen LogP contribution is -2.48. The molecule has 0 unspecified atom stereocenters. The van der Waals surface area contributed by atoms with Crippen molar-refractivity contribution in [1.82, 2.24) is 4.90 Å². The molecule has 2 fully saturated rings. The third kappa shape index (κ3) is 2.85. The standard InChI is InChI=1S/C17H23NO3/c1-11(2)12-3-7-15(8-4-12)21-16-9-13-5-6-14(10-16)18(13)17(19)20/h3-4,7-8,11,13-14,16H,5-6,9-10H2,1-2H3,(H,19,20)/t13-,14+,16-. The number of fused-ring (bicyclic) bond motifs is 2. The highest BCUT2D eigenvalue weighted by atomic mass is 16.5. The van der Waals surface area contributed by atoms with Crippen LogP contribution in [0.15, 0.2) is 24.3 Å². The van der Waals surface area contributed by atoms with Crippen molar-refractivity contribution in [3.05, 3.63) is 29.8 Å². The van der Waals surface area contributed by atoms with Crippen molar-refractivity contribution >= 4 is 6.09 Å². The lowest BCUT2D eigenvalue weighted by atomic mass is 10.00. The van der Waals surface area contributed by atoms with Gasteiger partial charge in [-0.25, -0.2) is 4.79 Å². The Balaban J connectivity index is 1.64. The van der Waals surface area contributed by atoms with E-state index in [-0.39, 0.29) is 18.2 Å². The van der Waals surface area contributed by atoms with E-state index in [0.29, 0.717) is 5.92 Å². The Hall–Kier alpha value is -1.71. The molecule has 2 saturated heterocycles. The molecule has 114 valence electrons. The van der Waals surface area contributed by atoms with Crippen LogP contribution < -0.4 is 4.74 Å². The van der Waals surface area contributed by atoms with Gasteiger partial charge in [0.2, 0.25) is 0 Å². The van der Waals surface area contributed by atoms with Gasteiger partial charge in [0.05, 0.1) is 0 Å². The van der Waals surface area contributed by atoms with E-state index in [0.717, 1.165) is 31.4 Å². The van der Waals surface area contributed by atoms with E-state index in [1.165, 1.54) is 5.56 Å². The van der Waals surface area contributed by atoms with E-state index < -0.39 is 6.09 Å². The van der Waals surface area contributed by atoms with Crippen LogP contribution in [0.5, 0.6) is 5.75 Å². The predicted octanol–water partition coefficient (Wildman–Crippen LogP) is 3.86. The minimum atomic E-state index is -0.776. The van der Waals surface area contributed by atoms with E-state index in [2.05, 4.69) is 26.0 Å². The summed E-state index contributed by atoms with van der Waals surface area (Å²) in [5.74, 6) is 1.42. The first kappa shape index (κ1) is 14.2. The molecule has 4 heteroatoms. The van der Waals surface area contributed by atoms with Crippen LogP contribution in [0.3, 0.4) is 0 Å². The highest BCUT2D eigenvalue weighted by Gasteiger charge is 2.44. The Labute approximate surface area is 125 Å². The van der Waals surface area contributed by atoms with Crippen molar-refractivity contribution < 1.29 is 14.6 Å². The fourth-order valence-electron chi connectivity index (χ4n) is 3.66. The molecule has 0 spiro atoms. The lowest BCUT2D eigenvalue weighted by Gasteiger charge is -2.37. The molecular formula is C17H23NO3. The van der Waals surface area contributed by atoms with Gasteiger partial charge in [0.15, 0.2) is 0 Å². The topological polar surface area (TPSA) is 49.8 Å². The number of carbonyl (C=O) groups is 1. The molecule has 0 aromatic heterocycles. The summed E-state index contributed by atoms with van der Waals surface area (Å²) in [6.07, 6.45) is 2.95. The molecule has 0 saturated carbocycles. The quantitative estimate of drug-likeness (QED) is 0.919. The van der Waals surface area contributed by atoms with Gasteiger partial charge in [-0.2, -0.15) is 0 Å².